The van der Waals surface area contributed by atoms with E-state index in [9.17, 15) is 13.9 Å². The van der Waals surface area contributed by atoms with Gasteiger partial charge in [0.1, 0.15) is 11.6 Å². The zero-order chi connectivity index (χ0) is 14.7. The van der Waals surface area contributed by atoms with Crippen LogP contribution < -0.4 is 0 Å². The Labute approximate surface area is 117 Å². The molecule has 0 fully saturated rings. The van der Waals surface area contributed by atoms with Gasteiger partial charge < -0.3 is 5.11 Å². The highest BCUT2D eigenvalue weighted by molar-refractivity contribution is 5.29. The third-order valence-corrected chi connectivity index (χ3v) is 3.60. The number of aliphatic hydroxyl groups is 1. The molecule has 0 spiro atoms. The summed E-state index contributed by atoms with van der Waals surface area (Å²) in [4.78, 5) is 0. The number of benzene rings is 2. The van der Waals surface area contributed by atoms with Gasteiger partial charge in [0.05, 0.1) is 11.7 Å². The van der Waals surface area contributed by atoms with Crippen LogP contribution in [0.1, 0.15) is 42.1 Å². The smallest absolute Gasteiger partial charge is 0.134 e. The van der Waals surface area contributed by atoms with Crippen molar-refractivity contribution in [3.8, 4) is 0 Å². The van der Waals surface area contributed by atoms with Gasteiger partial charge in [-0.1, -0.05) is 43.3 Å². The maximum absolute atomic E-state index is 14.0. The average molecular weight is 276 g/mol. The number of hydrogen-bond donors (Lipinski definition) is 1. The standard InChI is InChI=1S/C17H18F2O/c1-11-8-9-14(18)16(17(11)19)15(20)10-12(2)13-6-4-3-5-7-13/h3-9,12,15,20H,10H2,1-2H3. The Kier molecular flexibility index (Phi) is 4.50. The molecule has 1 N–H and O–H groups in total. The Hall–Kier alpha value is -1.74. The zero-order valence-corrected chi connectivity index (χ0v) is 11.6. The predicted octanol–water partition coefficient (Wildman–Crippen LogP) is 4.50. The van der Waals surface area contributed by atoms with Crippen LogP contribution in [0, 0.1) is 18.6 Å². The summed E-state index contributed by atoms with van der Waals surface area (Å²) in [5, 5.41) is 10.2. The number of aliphatic hydroxyl groups excluding tert-OH is 1. The molecule has 0 aromatic heterocycles. The lowest BCUT2D eigenvalue weighted by Gasteiger charge is -2.19. The first-order valence-corrected chi connectivity index (χ1v) is 6.68. The van der Waals surface area contributed by atoms with E-state index in [-0.39, 0.29) is 17.9 Å². The van der Waals surface area contributed by atoms with Crippen molar-refractivity contribution < 1.29 is 13.9 Å². The van der Waals surface area contributed by atoms with Crippen LogP contribution in [0.5, 0.6) is 0 Å². The molecule has 106 valence electrons. The lowest BCUT2D eigenvalue weighted by atomic mass is 9.91. The summed E-state index contributed by atoms with van der Waals surface area (Å²) < 4.78 is 27.7. The minimum atomic E-state index is -1.15. The molecule has 2 unspecified atom stereocenters. The molecule has 0 heterocycles. The summed E-state index contributed by atoms with van der Waals surface area (Å²) >= 11 is 0. The first-order chi connectivity index (χ1) is 9.50. The molecule has 0 amide bonds. The lowest BCUT2D eigenvalue weighted by Crippen LogP contribution is -2.09. The lowest BCUT2D eigenvalue weighted by molar-refractivity contribution is 0.150. The highest BCUT2D eigenvalue weighted by Crippen LogP contribution is 2.31. The average Bonchev–Trinajstić information content (AvgIpc) is 2.44. The van der Waals surface area contributed by atoms with E-state index in [1.54, 1.807) is 6.92 Å². The molecule has 0 radical (unpaired) electrons. The van der Waals surface area contributed by atoms with E-state index < -0.39 is 17.7 Å². The van der Waals surface area contributed by atoms with Crippen molar-refractivity contribution >= 4 is 0 Å². The van der Waals surface area contributed by atoms with Gasteiger partial charge in [-0.3, -0.25) is 0 Å². The molecule has 1 nitrogen and oxygen atoms in total. The number of halogens is 2. The largest absolute Gasteiger partial charge is 0.388 e. The van der Waals surface area contributed by atoms with E-state index in [0.717, 1.165) is 5.56 Å². The molecular weight excluding hydrogens is 258 g/mol. The molecule has 3 heteroatoms. The fourth-order valence-electron chi connectivity index (χ4n) is 2.35. The van der Waals surface area contributed by atoms with E-state index >= 15 is 0 Å². The third kappa shape index (κ3) is 3.05. The van der Waals surface area contributed by atoms with Gasteiger partial charge in [-0.25, -0.2) is 8.78 Å². The summed E-state index contributed by atoms with van der Waals surface area (Å²) in [5.74, 6) is -1.33. The Morgan fingerprint density at radius 3 is 2.35 bits per heavy atom. The second-order valence-corrected chi connectivity index (χ2v) is 5.16. The maximum atomic E-state index is 14.0. The first-order valence-electron chi connectivity index (χ1n) is 6.68. The maximum Gasteiger partial charge on any atom is 0.134 e. The quantitative estimate of drug-likeness (QED) is 0.871. The van der Waals surface area contributed by atoms with E-state index in [0.29, 0.717) is 5.56 Å². The summed E-state index contributed by atoms with van der Waals surface area (Å²) in [7, 11) is 0. The van der Waals surface area contributed by atoms with Crippen LogP contribution in [0.4, 0.5) is 8.78 Å². The van der Waals surface area contributed by atoms with Crippen LogP contribution in [-0.4, -0.2) is 5.11 Å². The van der Waals surface area contributed by atoms with Gasteiger partial charge in [-0.2, -0.15) is 0 Å². The Balaban J connectivity index is 2.21. The van der Waals surface area contributed by atoms with Gasteiger partial charge >= 0.3 is 0 Å². The normalized spacial score (nSPS) is 14.1. The minimum absolute atomic E-state index is 0.0190. The molecule has 0 bridgehead atoms. The summed E-state index contributed by atoms with van der Waals surface area (Å²) in [6.45, 7) is 3.50. The van der Waals surface area contributed by atoms with E-state index in [1.807, 2.05) is 37.3 Å². The van der Waals surface area contributed by atoms with Crippen molar-refractivity contribution in [1.29, 1.82) is 0 Å². The predicted molar refractivity (Wildman–Crippen MR) is 75.5 cm³/mol. The molecule has 20 heavy (non-hydrogen) atoms. The molecule has 2 atom stereocenters. The zero-order valence-electron chi connectivity index (χ0n) is 11.6. The van der Waals surface area contributed by atoms with Crippen LogP contribution >= 0.6 is 0 Å². The molecule has 0 saturated heterocycles. The highest BCUT2D eigenvalue weighted by atomic mass is 19.1. The molecule has 2 rings (SSSR count). The monoisotopic (exact) mass is 276 g/mol. The Morgan fingerprint density at radius 1 is 1.05 bits per heavy atom. The van der Waals surface area contributed by atoms with Crippen LogP contribution in [0.3, 0.4) is 0 Å². The van der Waals surface area contributed by atoms with Crippen LogP contribution in [-0.2, 0) is 0 Å². The first kappa shape index (κ1) is 14.7. The summed E-state index contributed by atoms with van der Waals surface area (Å²) in [5.41, 5.74) is 1.15. The molecule has 2 aromatic rings. The van der Waals surface area contributed by atoms with Crippen molar-refractivity contribution in [2.45, 2.75) is 32.3 Å². The van der Waals surface area contributed by atoms with Crippen molar-refractivity contribution in [2.24, 2.45) is 0 Å². The van der Waals surface area contributed by atoms with Gasteiger partial charge in [0.25, 0.3) is 0 Å². The van der Waals surface area contributed by atoms with E-state index in [2.05, 4.69) is 0 Å². The molecule has 0 aliphatic carbocycles. The molecule has 0 saturated carbocycles. The molecule has 2 aromatic carbocycles. The second-order valence-electron chi connectivity index (χ2n) is 5.16. The van der Waals surface area contributed by atoms with Crippen molar-refractivity contribution in [2.75, 3.05) is 0 Å². The number of hydrogen-bond acceptors (Lipinski definition) is 1. The Bertz CT molecular complexity index is 581. The van der Waals surface area contributed by atoms with E-state index in [4.69, 9.17) is 0 Å². The third-order valence-electron chi connectivity index (χ3n) is 3.60. The SMILES string of the molecule is Cc1ccc(F)c(C(O)CC(C)c2ccccc2)c1F. The molecular formula is C17H18F2O. The minimum Gasteiger partial charge on any atom is -0.388 e. The fraction of sp³-hybridized carbons (Fsp3) is 0.294. The van der Waals surface area contributed by atoms with Crippen molar-refractivity contribution in [3.63, 3.8) is 0 Å². The van der Waals surface area contributed by atoms with Crippen molar-refractivity contribution in [3.05, 3.63) is 70.8 Å². The van der Waals surface area contributed by atoms with Crippen molar-refractivity contribution in [1.82, 2.24) is 0 Å². The van der Waals surface area contributed by atoms with Crippen LogP contribution in [0.25, 0.3) is 0 Å². The Morgan fingerprint density at radius 2 is 1.70 bits per heavy atom. The van der Waals surface area contributed by atoms with Gasteiger partial charge in [-0.15, -0.1) is 0 Å². The van der Waals surface area contributed by atoms with Gasteiger partial charge in [0.15, 0.2) is 0 Å². The van der Waals surface area contributed by atoms with Gasteiger partial charge in [0.2, 0.25) is 0 Å². The van der Waals surface area contributed by atoms with Gasteiger partial charge in [0, 0.05) is 0 Å². The summed E-state index contributed by atoms with van der Waals surface area (Å²) in [6, 6.07) is 12.2. The number of rotatable bonds is 4. The molecule has 0 aliphatic rings. The van der Waals surface area contributed by atoms with Gasteiger partial charge in [-0.05, 0) is 36.5 Å². The topological polar surface area (TPSA) is 20.2 Å². The van der Waals surface area contributed by atoms with Crippen LogP contribution in [0.2, 0.25) is 0 Å². The fourth-order valence-corrected chi connectivity index (χ4v) is 2.35. The second kappa shape index (κ2) is 6.14. The summed E-state index contributed by atoms with van der Waals surface area (Å²) in [6.07, 6.45) is -0.869. The highest BCUT2D eigenvalue weighted by Gasteiger charge is 2.22. The number of aryl methyl sites for hydroxylation is 1. The van der Waals surface area contributed by atoms with Crippen LogP contribution in [0.15, 0.2) is 42.5 Å². The molecule has 0 aliphatic heterocycles. The van der Waals surface area contributed by atoms with E-state index in [1.165, 1.54) is 12.1 Å².